The Morgan fingerprint density at radius 1 is 1.40 bits per heavy atom. The fourth-order valence-corrected chi connectivity index (χ4v) is 1.40. The maximum atomic E-state index is 9.38. The maximum absolute atomic E-state index is 9.38. The molecule has 4 heteroatoms. The number of methoxy groups -OCH3 is 1. The van der Waals surface area contributed by atoms with E-state index >= 15 is 0 Å². The molecule has 0 aliphatic carbocycles. The minimum Gasteiger partial charge on any atom is -0.503 e. The second kappa shape index (κ2) is 5.56. The van der Waals surface area contributed by atoms with Gasteiger partial charge in [0, 0.05) is 12.6 Å². The lowest BCUT2D eigenvalue weighted by atomic mass is 10.3. The van der Waals surface area contributed by atoms with E-state index in [0.717, 1.165) is 25.3 Å². The zero-order valence-electron chi connectivity index (χ0n) is 9.53. The standard InChI is InChI=1S/C11H18N2O2/c1-4-13(5-2)8-9-6-11(15-3)10(14)7-12-9/h6-7,14H,4-5,8H2,1-3H3. The highest BCUT2D eigenvalue weighted by Gasteiger charge is 2.06. The van der Waals surface area contributed by atoms with Crippen molar-refractivity contribution in [1.29, 1.82) is 0 Å². The van der Waals surface area contributed by atoms with Crippen molar-refractivity contribution < 1.29 is 9.84 Å². The average molecular weight is 210 g/mol. The van der Waals surface area contributed by atoms with Crippen LogP contribution in [0.5, 0.6) is 11.5 Å². The molecule has 0 aliphatic heterocycles. The van der Waals surface area contributed by atoms with Crippen molar-refractivity contribution >= 4 is 0 Å². The second-order valence-electron chi connectivity index (χ2n) is 3.31. The molecule has 0 unspecified atom stereocenters. The number of aromatic hydroxyl groups is 1. The number of pyridine rings is 1. The lowest BCUT2D eigenvalue weighted by molar-refractivity contribution is 0.290. The summed E-state index contributed by atoms with van der Waals surface area (Å²) in [5.74, 6) is 0.563. The smallest absolute Gasteiger partial charge is 0.176 e. The first-order valence-corrected chi connectivity index (χ1v) is 5.15. The van der Waals surface area contributed by atoms with Crippen LogP contribution in [-0.2, 0) is 6.54 Å². The van der Waals surface area contributed by atoms with E-state index in [-0.39, 0.29) is 5.75 Å². The van der Waals surface area contributed by atoms with Crippen LogP contribution in [0, 0.1) is 0 Å². The summed E-state index contributed by atoms with van der Waals surface area (Å²) in [4.78, 5) is 6.40. The van der Waals surface area contributed by atoms with Gasteiger partial charge in [-0.2, -0.15) is 0 Å². The van der Waals surface area contributed by atoms with E-state index in [1.807, 2.05) is 0 Å². The normalized spacial score (nSPS) is 10.7. The molecule has 1 rings (SSSR count). The van der Waals surface area contributed by atoms with Crippen LogP contribution in [0.25, 0.3) is 0 Å². The molecule has 0 spiro atoms. The van der Waals surface area contributed by atoms with E-state index in [2.05, 4.69) is 23.7 Å². The summed E-state index contributed by atoms with van der Waals surface area (Å²) < 4.78 is 5.03. The molecular weight excluding hydrogens is 192 g/mol. The van der Waals surface area contributed by atoms with Gasteiger partial charge in [-0.15, -0.1) is 0 Å². The Balaban J connectivity index is 2.77. The minimum absolute atomic E-state index is 0.0841. The van der Waals surface area contributed by atoms with E-state index < -0.39 is 0 Å². The SMILES string of the molecule is CCN(CC)Cc1cc(OC)c(O)cn1. The van der Waals surface area contributed by atoms with Gasteiger partial charge in [0.15, 0.2) is 11.5 Å². The van der Waals surface area contributed by atoms with Crippen molar-refractivity contribution in [3.8, 4) is 11.5 Å². The molecule has 1 N–H and O–H groups in total. The van der Waals surface area contributed by atoms with E-state index in [1.54, 1.807) is 6.07 Å². The van der Waals surface area contributed by atoms with Gasteiger partial charge in [0.25, 0.3) is 0 Å². The molecule has 15 heavy (non-hydrogen) atoms. The quantitative estimate of drug-likeness (QED) is 0.802. The molecule has 0 amide bonds. The van der Waals surface area contributed by atoms with Gasteiger partial charge in [-0.1, -0.05) is 13.8 Å². The summed E-state index contributed by atoms with van der Waals surface area (Å²) in [7, 11) is 1.54. The fraction of sp³-hybridized carbons (Fsp3) is 0.545. The number of hydrogen-bond acceptors (Lipinski definition) is 4. The van der Waals surface area contributed by atoms with Crippen molar-refractivity contribution in [2.24, 2.45) is 0 Å². The van der Waals surface area contributed by atoms with E-state index in [1.165, 1.54) is 13.3 Å². The Hall–Kier alpha value is -1.29. The highest BCUT2D eigenvalue weighted by molar-refractivity contribution is 5.37. The Morgan fingerprint density at radius 3 is 2.60 bits per heavy atom. The number of ether oxygens (including phenoxy) is 1. The summed E-state index contributed by atoms with van der Waals surface area (Å²) >= 11 is 0. The van der Waals surface area contributed by atoms with Crippen LogP contribution in [-0.4, -0.2) is 35.2 Å². The number of aromatic nitrogens is 1. The molecule has 0 radical (unpaired) electrons. The molecule has 0 saturated carbocycles. The molecule has 0 saturated heterocycles. The molecule has 0 aliphatic rings. The Kier molecular flexibility index (Phi) is 4.37. The topological polar surface area (TPSA) is 45.6 Å². The van der Waals surface area contributed by atoms with Crippen LogP contribution in [0.15, 0.2) is 12.3 Å². The maximum Gasteiger partial charge on any atom is 0.176 e. The van der Waals surface area contributed by atoms with Crippen molar-refractivity contribution in [2.45, 2.75) is 20.4 Å². The summed E-state index contributed by atoms with van der Waals surface area (Å²) in [6.45, 7) is 6.98. The third-order valence-corrected chi connectivity index (χ3v) is 2.40. The van der Waals surface area contributed by atoms with E-state index in [0.29, 0.717) is 5.75 Å². The van der Waals surface area contributed by atoms with Gasteiger partial charge >= 0.3 is 0 Å². The first-order valence-electron chi connectivity index (χ1n) is 5.15. The van der Waals surface area contributed by atoms with Gasteiger partial charge in [-0.3, -0.25) is 9.88 Å². The predicted molar refractivity (Wildman–Crippen MR) is 59.1 cm³/mol. The fourth-order valence-electron chi connectivity index (χ4n) is 1.40. The molecule has 1 aromatic heterocycles. The lowest BCUT2D eigenvalue weighted by Gasteiger charge is -2.17. The summed E-state index contributed by atoms with van der Waals surface area (Å²) in [5.41, 5.74) is 0.911. The summed E-state index contributed by atoms with van der Waals surface area (Å²) in [6.07, 6.45) is 1.43. The van der Waals surface area contributed by atoms with Gasteiger partial charge in [0.2, 0.25) is 0 Å². The van der Waals surface area contributed by atoms with Crippen molar-refractivity contribution in [3.05, 3.63) is 18.0 Å². The van der Waals surface area contributed by atoms with Crippen LogP contribution >= 0.6 is 0 Å². The van der Waals surface area contributed by atoms with E-state index in [9.17, 15) is 5.11 Å². The minimum atomic E-state index is 0.0841. The molecule has 0 bridgehead atoms. The summed E-state index contributed by atoms with van der Waals surface area (Å²) in [6, 6.07) is 1.77. The predicted octanol–water partition coefficient (Wildman–Crippen LogP) is 1.64. The third kappa shape index (κ3) is 3.09. The molecule has 1 heterocycles. The van der Waals surface area contributed by atoms with Crippen LogP contribution in [0.1, 0.15) is 19.5 Å². The van der Waals surface area contributed by atoms with Crippen LogP contribution < -0.4 is 4.74 Å². The zero-order valence-corrected chi connectivity index (χ0v) is 9.53. The van der Waals surface area contributed by atoms with Crippen molar-refractivity contribution in [2.75, 3.05) is 20.2 Å². The van der Waals surface area contributed by atoms with Gasteiger partial charge in [0.05, 0.1) is 19.0 Å². The van der Waals surface area contributed by atoms with Gasteiger partial charge < -0.3 is 9.84 Å². The Labute approximate surface area is 90.5 Å². The van der Waals surface area contributed by atoms with Crippen LogP contribution in [0.2, 0.25) is 0 Å². The van der Waals surface area contributed by atoms with Gasteiger partial charge in [0.1, 0.15) is 0 Å². The number of nitrogens with zero attached hydrogens (tertiary/aromatic N) is 2. The first-order chi connectivity index (χ1) is 7.21. The lowest BCUT2D eigenvalue weighted by Crippen LogP contribution is -2.22. The zero-order chi connectivity index (χ0) is 11.3. The molecule has 0 aromatic carbocycles. The van der Waals surface area contributed by atoms with Crippen molar-refractivity contribution in [3.63, 3.8) is 0 Å². The molecule has 0 fully saturated rings. The molecule has 1 aromatic rings. The highest BCUT2D eigenvalue weighted by atomic mass is 16.5. The highest BCUT2D eigenvalue weighted by Crippen LogP contribution is 2.24. The summed E-state index contributed by atoms with van der Waals surface area (Å²) in [5, 5.41) is 9.38. The second-order valence-corrected chi connectivity index (χ2v) is 3.31. The monoisotopic (exact) mass is 210 g/mol. The molecule has 0 atom stereocenters. The van der Waals surface area contributed by atoms with E-state index in [4.69, 9.17) is 4.74 Å². The van der Waals surface area contributed by atoms with Gasteiger partial charge in [-0.25, -0.2) is 0 Å². The van der Waals surface area contributed by atoms with Crippen LogP contribution in [0.4, 0.5) is 0 Å². The molecule has 84 valence electrons. The largest absolute Gasteiger partial charge is 0.503 e. The number of rotatable bonds is 5. The van der Waals surface area contributed by atoms with Crippen molar-refractivity contribution in [1.82, 2.24) is 9.88 Å². The average Bonchev–Trinajstić information content (AvgIpc) is 2.28. The Bertz CT molecular complexity index is 311. The molecule has 4 nitrogen and oxygen atoms in total. The first kappa shape index (κ1) is 11.8. The van der Waals surface area contributed by atoms with Gasteiger partial charge in [-0.05, 0) is 13.1 Å². The number of hydrogen-bond donors (Lipinski definition) is 1. The Morgan fingerprint density at radius 2 is 2.07 bits per heavy atom. The van der Waals surface area contributed by atoms with Crippen LogP contribution in [0.3, 0.4) is 0 Å². The third-order valence-electron chi connectivity index (χ3n) is 2.40. The molecular formula is C11H18N2O2.